The lowest BCUT2D eigenvalue weighted by Crippen LogP contribution is -2.32. The van der Waals surface area contributed by atoms with Gasteiger partial charge in [-0.3, -0.25) is 9.36 Å². The predicted octanol–water partition coefficient (Wildman–Crippen LogP) is 3.64. The van der Waals surface area contributed by atoms with Crippen molar-refractivity contribution in [2.24, 2.45) is 0 Å². The highest BCUT2D eigenvalue weighted by Gasteiger charge is 2.26. The topological polar surface area (TPSA) is 138 Å². The van der Waals surface area contributed by atoms with Crippen LogP contribution in [0.25, 0.3) is 17.1 Å². The molecule has 0 aliphatic carbocycles. The lowest BCUT2D eigenvalue weighted by molar-refractivity contribution is 0.0930. The van der Waals surface area contributed by atoms with Crippen molar-refractivity contribution in [3.63, 3.8) is 0 Å². The van der Waals surface area contributed by atoms with E-state index in [4.69, 9.17) is 0 Å². The van der Waals surface area contributed by atoms with Gasteiger partial charge >= 0.3 is 0 Å². The van der Waals surface area contributed by atoms with Gasteiger partial charge in [0.15, 0.2) is 5.82 Å². The fourth-order valence-corrected chi connectivity index (χ4v) is 5.35. The third kappa shape index (κ3) is 5.21. The van der Waals surface area contributed by atoms with Crippen molar-refractivity contribution in [2.45, 2.75) is 58.4 Å². The minimum absolute atomic E-state index is 0.0309. The van der Waals surface area contributed by atoms with Gasteiger partial charge in [-0.25, -0.2) is 8.42 Å². The molecule has 2 aromatic carbocycles. The van der Waals surface area contributed by atoms with Crippen molar-refractivity contribution in [2.75, 3.05) is 13.1 Å². The lowest BCUT2D eigenvalue weighted by atomic mass is 9.98. The predicted molar refractivity (Wildman–Crippen MR) is 137 cm³/mol. The van der Waals surface area contributed by atoms with Crippen LogP contribution in [0.15, 0.2) is 41.3 Å². The summed E-state index contributed by atoms with van der Waals surface area (Å²) >= 11 is 0. The molecule has 0 saturated heterocycles. The molecule has 1 aromatic heterocycles. The summed E-state index contributed by atoms with van der Waals surface area (Å²) in [5.41, 5.74) is 1.29. The summed E-state index contributed by atoms with van der Waals surface area (Å²) in [6, 6.07) is 8.74. The van der Waals surface area contributed by atoms with Gasteiger partial charge < -0.3 is 15.5 Å². The number of aromatic hydroxyl groups is 2. The van der Waals surface area contributed by atoms with Crippen molar-refractivity contribution >= 4 is 15.9 Å². The number of nitrogens with zero attached hydrogens (tertiary/aromatic N) is 4. The summed E-state index contributed by atoms with van der Waals surface area (Å²) in [4.78, 5) is 13.1. The van der Waals surface area contributed by atoms with Gasteiger partial charge in [0, 0.05) is 30.9 Å². The number of hydrogen-bond acceptors (Lipinski definition) is 7. The van der Waals surface area contributed by atoms with Crippen LogP contribution >= 0.6 is 0 Å². The third-order valence-corrected chi connectivity index (χ3v) is 7.80. The van der Waals surface area contributed by atoms with E-state index >= 15 is 0 Å². The van der Waals surface area contributed by atoms with Crippen LogP contribution in [0.3, 0.4) is 0 Å². The Morgan fingerprint density at radius 2 is 1.61 bits per heavy atom. The lowest BCUT2D eigenvalue weighted by Gasteiger charge is -2.19. The van der Waals surface area contributed by atoms with Crippen LogP contribution in [-0.2, 0) is 10.0 Å². The number of phenolic OH excluding ortho intramolecular Hbond substituents is 2. The standard InChI is InChI=1S/C25H33N5O5S/c1-7-29(8-2)36(34,35)18-11-9-17(10-12-18)30-23(27-28-24(30)25(33)26-16(5)6)20-13-19(15(3)4)21(31)14-22(20)32/h9-16,31-32H,7-8H2,1-6H3,(H,26,33). The van der Waals surface area contributed by atoms with E-state index in [1.807, 2.05) is 27.7 Å². The van der Waals surface area contributed by atoms with Crippen LogP contribution in [0.2, 0.25) is 0 Å². The molecular formula is C25H33N5O5S. The fourth-order valence-electron chi connectivity index (χ4n) is 3.89. The number of nitrogens with one attached hydrogen (secondary N) is 1. The molecule has 0 aliphatic rings. The Morgan fingerprint density at radius 3 is 2.14 bits per heavy atom. The van der Waals surface area contributed by atoms with E-state index in [1.54, 1.807) is 32.0 Å². The summed E-state index contributed by atoms with van der Waals surface area (Å²) in [7, 11) is -3.67. The van der Waals surface area contributed by atoms with Crippen LogP contribution in [0.5, 0.6) is 11.5 Å². The Morgan fingerprint density at radius 1 is 1.00 bits per heavy atom. The highest BCUT2D eigenvalue weighted by molar-refractivity contribution is 7.89. The Hall–Kier alpha value is -3.44. The summed E-state index contributed by atoms with van der Waals surface area (Å²) in [6.07, 6.45) is 0. The first-order chi connectivity index (χ1) is 16.9. The van der Waals surface area contributed by atoms with Gasteiger partial charge in [-0.2, -0.15) is 4.31 Å². The first-order valence-corrected chi connectivity index (χ1v) is 13.3. The second-order valence-electron chi connectivity index (χ2n) is 8.98. The SMILES string of the molecule is CCN(CC)S(=O)(=O)c1ccc(-n2c(C(=O)NC(C)C)nnc2-c2cc(C(C)C)c(O)cc2O)cc1. The molecule has 0 saturated carbocycles. The Balaban J connectivity index is 2.22. The average Bonchev–Trinajstić information content (AvgIpc) is 3.24. The zero-order valence-electron chi connectivity index (χ0n) is 21.3. The molecule has 194 valence electrons. The number of sulfonamides is 1. The molecule has 0 radical (unpaired) electrons. The quantitative estimate of drug-likeness (QED) is 0.396. The molecule has 3 N–H and O–H groups in total. The number of hydrogen-bond donors (Lipinski definition) is 3. The molecule has 1 heterocycles. The summed E-state index contributed by atoms with van der Waals surface area (Å²) < 4.78 is 28.7. The number of carbonyl (C=O) groups is 1. The Bertz CT molecular complexity index is 1340. The van der Waals surface area contributed by atoms with Crippen LogP contribution < -0.4 is 5.32 Å². The number of amides is 1. The Labute approximate surface area is 211 Å². The smallest absolute Gasteiger partial charge is 0.289 e. The van der Waals surface area contributed by atoms with Crippen molar-refractivity contribution in [3.8, 4) is 28.6 Å². The average molecular weight is 516 g/mol. The number of benzene rings is 2. The molecule has 0 spiro atoms. The summed E-state index contributed by atoms with van der Waals surface area (Å²) in [6.45, 7) is 11.7. The van der Waals surface area contributed by atoms with Gasteiger partial charge in [0.2, 0.25) is 15.8 Å². The van der Waals surface area contributed by atoms with E-state index in [0.29, 0.717) is 24.3 Å². The molecule has 0 atom stereocenters. The van der Waals surface area contributed by atoms with Crippen LogP contribution in [0.4, 0.5) is 0 Å². The maximum absolute atomic E-state index is 13.0. The van der Waals surface area contributed by atoms with Crippen LogP contribution in [-0.4, -0.2) is 62.7 Å². The summed E-state index contributed by atoms with van der Waals surface area (Å²) in [5, 5.41) is 32.0. The number of carbonyl (C=O) groups excluding carboxylic acids is 1. The van der Waals surface area contributed by atoms with Gasteiger partial charge in [-0.1, -0.05) is 27.7 Å². The first kappa shape index (κ1) is 27.2. The third-order valence-electron chi connectivity index (χ3n) is 5.73. The van der Waals surface area contributed by atoms with Crippen molar-refractivity contribution < 1.29 is 23.4 Å². The van der Waals surface area contributed by atoms with Crippen molar-refractivity contribution in [1.29, 1.82) is 0 Å². The second-order valence-corrected chi connectivity index (χ2v) is 10.9. The highest BCUT2D eigenvalue weighted by atomic mass is 32.2. The Kier molecular flexibility index (Phi) is 8.05. The highest BCUT2D eigenvalue weighted by Crippen LogP contribution is 2.38. The van der Waals surface area contributed by atoms with Gasteiger partial charge in [0.1, 0.15) is 11.5 Å². The van der Waals surface area contributed by atoms with E-state index in [-0.39, 0.29) is 45.6 Å². The molecule has 36 heavy (non-hydrogen) atoms. The summed E-state index contributed by atoms with van der Waals surface area (Å²) in [5.74, 6) is -0.678. The van der Waals surface area contributed by atoms with Gasteiger partial charge in [0.05, 0.1) is 10.5 Å². The van der Waals surface area contributed by atoms with Gasteiger partial charge in [-0.15, -0.1) is 10.2 Å². The molecule has 3 aromatic rings. The zero-order chi connectivity index (χ0) is 26.8. The van der Waals surface area contributed by atoms with E-state index in [9.17, 15) is 23.4 Å². The van der Waals surface area contributed by atoms with Crippen LogP contribution in [0, 0.1) is 0 Å². The molecule has 0 unspecified atom stereocenters. The largest absolute Gasteiger partial charge is 0.508 e. The maximum Gasteiger partial charge on any atom is 0.289 e. The molecule has 10 nitrogen and oxygen atoms in total. The fraction of sp³-hybridized carbons (Fsp3) is 0.400. The second kappa shape index (κ2) is 10.7. The zero-order valence-corrected chi connectivity index (χ0v) is 22.2. The maximum atomic E-state index is 13.0. The molecule has 1 amide bonds. The molecule has 0 bridgehead atoms. The first-order valence-electron chi connectivity index (χ1n) is 11.8. The molecule has 11 heteroatoms. The molecule has 0 aliphatic heterocycles. The number of phenols is 2. The van der Waals surface area contributed by atoms with Crippen molar-refractivity contribution in [1.82, 2.24) is 24.4 Å². The number of rotatable bonds is 9. The van der Waals surface area contributed by atoms with E-state index in [1.165, 1.54) is 27.1 Å². The minimum atomic E-state index is -3.67. The monoisotopic (exact) mass is 515 g/mol. The molecular weight excluding hydrogens is 482 g/mol. The van der Waals surface area contributed by atoms with E-state index in [2.05, 4.69) is 15.5 Å². The normalized spacial score (nSPS) is 12.0. The van der Waals surface area contributed by atoms with Gasteiger partial charge in [0.25, 0.3) is 5.91 Å². The molecule has 0 fully saturated rings. The van der Waals surface area contributed by atoms with E-state index in [0.717, 1.165) is 0 Å². The van der Waals surface area contributed by atoms with E-state index < -0.39 is 15.9 Å². The van der Waals surface area contributed by atoms with Crippen LogP contribution in [0.1, 0.15) is 63.6 Å². The van der Waals surface area contributed by atoms with Gasteiger partial charge in [-0.05, 0) is 55.7 Å². The molecule has 3 rings (SSSR count). The van der Waals surface area contributed by atoms with Crippen molar-refractivity contribution in [3.05, 3.63) is 47.8 Å². The number of aromatic nitrogens is 3. The minimum Gasteiger partial charge on any atom is -0.508 e.